The number of ether oxygens (including phenoxy) is 2. The number of nitrogens with one attached hydrogen (secondary N) is 1. The Labute approximate surface area is 137 Å². The molecule has 124 valence electrons. The second kappa shape index (κ2) is 6.75. The number of esters is 1. The summed E-state index contributed by atoms with van der Waals surface area (Å²) < 4.78 is 11.1. The van der Waals surface area contributed by atoms with Crippen molar-refractivity contribution in [3.05, 3.63) is 41.0 Å². The zero-order chi connectivity index (χ0) is 16.3. The molecule has 0 aromatic heterocycles. The van der Waals surface area contributed by atoms with Crippen molar-refractivity contribution < 1.29 is 14.3 Å². The average Bonchev–Trinajstić information content (AvgIpc) is 2.55. The molecule has 3 rings (SSSR count). The Bertz CT molecular complexity index is 602. The van der Waals surface area contributed by atoms with Crippen molar-refractivity contribution >= 4 is 5.97 Å². The third-order valence-electron chi connectivity index (χ3n) is 4.84. The van der Waals surface area contributed by atoms with E-state index < -0.39 is 5.72 Å². The van der Waals surface area contributed by atoms with Crippen molar-refractivity contribution in [2.75, 3.05) is 13.7 Å². The van der Waals surface area contributed by atoms with E-state index in [1.165, 1.54) is 30.9 Å². The maximum Gasteiger partial charge on any atom is 0.304 e. The minimum absolute atomic E-state index is 0.231. The van der Waals surface area contributed by atoms with Crippen molar-refractivity contribution in [3.63, 3.8) is 0 Å². The molecule has 0 fully saturated rings. The number of hydrogen-bond donors (Lipinski definition) is 1. The Balaban J connectivity index is 1.94. The maximum absolute atomic E-state index is 11.8. The molecule has 1 N–H and O–H groups in total. The molecule has 1 aromatic carbocycles. The van der Waals surface area contributed by atoms with Crippen LogP contribution in [0.3, 0.4) is 0 Å². The van der Waals surface area contributed by atoms with Crippen LogP contribution in [-0.2, 0) is 16.0 Å². The minimum Gasteiger partial charge on any atom is -0.497 e. The van der Waals surface area contributed by atoms with E-state index in [4.69, 9.17) is 9.47 Å². The largest absolute Gasteiger partial charge is 0.497 e. The van der Waals surface area contributed by atoms with Crippen molar-refractivity contribution in [1.29, 1.82) is 0 Å². The van der Waals surface area contributed by atoms with Crippen LogP contribution in [0.15, 0.2) is 35.4 Å². The van der Waals surface area contributed by atoms with E-state index in [0.717, 1.165) is 37.1 Å². The third-order valence-corrected chi connectivity index (χ3v) is 4.84. The van der Waals surface area contributed by atoms with Crippen LogP contribution in [0.4, 0.5) is 0 Å². The Morgan fingerprint density at radius 2 is 1.91 bits per heavy atom. The number of rotatable bonds is 4. The minimum atomic E-state index is -0.672. The SMILES string of the molecule is COc1ccc(C[C@]2(OC(C)=O)NCCC3=C2CCCC3)cc1. The molecule has 1 heterocycles. The van der Waals surface area contributed by atoms with Crippen LogP contribution in [0, 0.1) is 0 Å². The molecule has 1 atom stereocenters. The van der Waals surface area contributed by atoms with E-state index in [9.17, 15) is 4.79 Å². The molecular formula is C19H25NO3. The second-order valence-corrected chi connectivity index (χ2v) is 6.41. The van der Waals surface area contributed by atoms with E-state index in [1.807, 2.05) is 24.3 Å². The molecule has 0 bridgehead atoms. The van der Waals surface area contributed by atoms with Crippen LogP contribution >= 0.6 is 0 Å². The predicted molar refractivity (Wildman–Crippen MR) is 89.3 cm³/mol. The van der Waals surface area contributed by atoms with E-state index in [0.29, 0.717) is 6.42 Å². The zero-order valence-electron chi connectivity index (χ0n) is 14.0. The van der Waals surface area contributed by atoms with Gasteiger partial charge in [0.1, 0.15) is 5.75 Å². The monoisotopic (exact) mass is 315 g/mol. The van der Waals surface area contributed by atoms with Gasteiger partial charge in [-0.25, -0.2) is 0 Å². The van der Waals surface area contributed by atoms with Gasteiger partial charge in [0, 0.05) is 19.9 Å². The lowest BCUT2D eigenvalue weighted by molar-refractivity contribution is -0.157. The van der Waals surface area contributed by atoms with Gasteiger partial charge in [-0.15, -0.1) is 0 Å². The van der Waals surface area contributed by atoms with Crippen molar-refractivity contribution in [1.82, 2.24) is 5.32 Å². The standard InChI is InChI=1S/C19H25NO3/c1-14(21)23-19(13-15-7-9-17(22-2)10-8-15)18-6-4-3-5-16(18)11-12-20-19/h7-10,20H,3-6,11-13H2,1-2H3/t19-/m1/s1. The highest BCUT2D eigenvalue weighted by Gasteiger charge is 2.42. The molecular weight excluding hydrogens is 290 g/mol. The van der Waals surface area contributed by atoms with Crippen molar-refractivity contribution in [2.45, 2.75) is 51.2 Å². The molecule has 0 saturated carbocycles. The van der Waals surface area contributed by atoms with Gasteiger partial charge < -0.3 is 9.47 Å². The van der Waals surface area contributed by atoms with Crippen molar-refractivity contribution in [2.24, 2.45) is 0 Å². The lowest BCUT2D eigenvalue weighted by Gasteiger charge is -2.43. The fourth-order valence-electron chi connectivity index (χ4n) is 3.83. The fraction of sp³-hybridized carbons (Fsp3) is 0.526. The molecule has 1 aromatic rings. The van der Waals surface area contributed by atoms with E-state index in [1.54, 1.807) is 7.11 Å². The van der Waals surface area contributed by atoms with Crippen LogP contribution in [0.5, 0.6) is 5.75 Å². The molecule has 4 nitrogen and oxygen atoms in total. The van der Waals surface area contributed by atoms with Crippen molar-refractivity contribution in [3.8, 4) is 5.75 Å². The van der Waals surface area contributed by atoms with E-state index in [2.05, 4.69) is 5.32 Å². The highest BCUT2D eigenvalue weighted by Crippen LogP contribution is 2.39. The molecule has 1 aliphatic carbocycles. The third kappa shape index (κ3) is 3.42. The first kappa shape index (κ1) is 16.1. The van der Waals surface area contributed by atoms with Gasteiger partial charge in [-0.05, 0) is 55.4 Å². The molecule has 23 heavy (non-hydrogen) atoms. The van der Waals surface area contributed by atoms with E-state index >= 15 is 0 Å². The Hall–Kier alpha value is -1.81. The van der Waals surface area contributed by atoms with Gasteiger partial charge in [0.15, 0.2) is 5.72 Å². The van der Waals surface area contributed by atoms with Gasteiger partial charge in [0.25, 0.3) is 0 Å². The topological polar surface area (TPSA) is 47.6 Å². The van der Waals surface area contributed by atoms with Crippen LogP contribution in [0.25, 0.3) is 0 Å². The van der Waals surface area contributed by atoms with Crippen LogP contribution < -0.4 is 10.1 Å². The summed E-state index contributed by atoms with van der Waals surface area (Å²) in [6, 6.07) is 8.00. The summed E-state index contributed by atoms with van der Waals surface area (Å²) in [6.07, 6.45) is 6.31. The summed E-state index contributed by atoms with van der Waals surface area (Å²) in [5.74, 6) is 0.606. The Morgan fingerprint density at radius 3 is 2.61 bits per heavy atom. The fourth-order valence-corrected chi connectivity index (χ4v) is 3.83. The number of carbonyl (C=O) groups excluding carboxylic acids is 1. The van der Waals surface area contributed by atoms with Crippen LogP contribution in [0.2, 0.25) is 0 Å². The average molecular weight is 315 g/mol. The van der Waals surface area contributed by atoms with Gasteiger partial charge in [-0.1, -0.05) is 17.7 Å². The van der Waals surface area contributed by atoms with Gasteiger partial charge in [-0.3, -0.25) is 10.1 Å². The van der Waals surface area contributed by atoms with Gasteiger partial charge in [-0.2, -0.15) is 0 Å². The summed E-state index contributed by atoms with van der Waals surface area (Å²) in [7, 11) is 1.66. The molecule has 4 heteroatoms. The van der Waals surface area contributed by atoms with Gasteiger partial charge in [0.05, 0.1) is 7.11 Å². The summed E-state index contributed by atoms with van der Waals surface area (Å²) in [6.45, 7) is 2.36. The van der Waals surface area contributed by atoms with Gasteiger partial charge >= 0.3 is 5.97 Å². The first-order chi connectivity index (χ1) is 11.1. The quantitative estimate of drug-likeness (QED) is 0.684. The smallest absolute Gasteiger partial charge is 0.304 e. The lowest BCUT2D eigenvalue weighted by Crippen LogP contribution is -2.55. The number of carbonyl (C=O) groups is 1. The zero-order valence-corrected chi connectivity index (χ0v) is 14.0. The van der Waals surface area contributed by atoms with Crippen LogP contribution in [0.1, 0.15) is 44.6 Å². The molecule has 0 amide bonds. The summed E-state index contributed by atoms with van der Waals surface area (Å²) in [5.41, 5.74) is 3.26. The number of methoxy groups -OCH3 is 1. The molecule has 0 saturated heterocycles. The van der Waals surface area contributed by atoms with E-state index in [-0.39, 0.29) is 5.97 Å². The highest BCUT2D eigenvalue weighted by atomic mass is 16.6. The molecule has 0 unspecified atom stereocenters. The lowest BCUT2D eigenvalue weighted by atomic mass is 9.79. The van der Waals surface area contributed by atoms with Crippen LogP contribution in [-0.4, -0.2) is 25.3 Å². The Kier molecular flexibility index (Phi) is 4.71. The highest BCUT2D eigenvalue weighted by molar-refractivity contribution is 5.67. The number of hydrogen-bond acceptors (Lipinski definition) is 4. The summed E-state index contributed by atoms with van der Waals surface area (Å²) in [4.78, 5) is 11.8. The number of benzene rings is 1. The molecule has 2 aliphatic rings. The molecule has 0 radical (unpaired) electrons. The van der Waals surface area contributed by atoms with Gasteiger partial charge in [0.2, 0.25) is 0 Å². The Morgan fingerprint density at radius 1 is 1.17 bits per heavy atom. The normalized spacial score (nSPS) is 24.1. The first-order valence-corrected chi connectivity index (χ1v) is 8.42. The molecule has 1 aliphatic heterocycles. The molecule has 0 spiro atoms. The first-order valence-electron chi connectivity index (χ1n) is 8.42. The summed E-state index contributed by atoms with van der Waals surface area (Å²) >= 11 is 0. The second-order valence-electron chi connectivity index (χ2n) is 6.41. The predicted octanol–water partition coefficient (Wildman–Crippen LogP) is 3.36. The maximum atomic E-state index is 11.8. The summed E-state index contributed by atoms with van der Waals surface area (Å²) in [5, 5.41) is 3.51.